The van der Waals surface area contributed by atoms with Crippen LogP contribution >= 0.6 is 11.6 Å². The van der Waals surface area contributed by atoms with Gasteiger partial charge in [-0.3, -0.25) is 9.89 Å². The average molecular weight is 299 g/mol. The number of ether oxygens (including phenoxy) is 1. The van der Waals surface area contributed by atoms with Crippen LogP contribution in [0.1, 0.15) is 18.8 Å². The van der Waals surface area contributed by atoms with E-state index in [0.717, 1.165) is 0 Å². The summed E-state index contributed by atoms with van der Waals surface area (Å²) in [7, 11) is 1.56. The van der Waals surface area contributed by atoms with Crippen LogP contribution in [0, 0.1) is 0 Å². The molecular weight excluding hydrogens is 284 g/mol. The molecule has 8 nitrogen and oxygen atoms in total. The van der Waals surface area contributed by atoms with E-state index in [1.165, 1.54) is 17.2 Å². The Bertz CT molecular complexity index is 612. The molecule has 2 aromatic rings. The molecule has 0 saturated heterocycles. The molecule has 2 aromatic heterocycles. The normalized spacial score (nSPS) is 12.3. The van der Waals surface area contributed by atoms with Crippen molar-refractivity contribution >= 4 is 17.3 Å². The lowest BCUT2D eigenvalue weighted by molar-refractivity contribution is 0.182. The lowest BCUT2D eigenvalue weighted by Crippen LogP contribution is -2.26. The van der Waals surface area contributed by atoms with Crippen molar-refractivity contribution in [3.05, 3.63) is 33.7 Å². The van der Waals surface area contributed by atoms with Crippen LogP contribution in [-0.4, -0.2) is 38.7 Å². The predicted octanol–water partition coefficient (Wildman–Crippen LogP) is 0.834. The summed E-state index contributed by atoms with van der Waals surface area (Å²) >= 11 is 6.06. The van der Waals surface area contributed by atoms with E-state index in [0.29, 0.717) is 24.7 Å². The van der Waals surface area contributed by atoms with Gasteiger partial charge in [-0.2, -0.15) is 10.2 Å². The first-order valence-electron chi connectivity index (χ1n) is 6.00. The zero-order valence-electron chi connectivity index (χ0n) is 11.1. The van der Waals surface area contributed by atoms with Crippen LogP contribution in [0.5, 0.6) is 0 Å². The van der Waals surface area contributed by atoms with Crippen LogP contribution in [-0.2, 0) is 11.3 Å². The molecule has 0 aliphatic carbocycles. The maximum absolute atomic E-state index is 12.0. The van der Waals surface area contributed by atoms with Crippen molar-refractivity contribution in [3.63, 3.8) is 0 Å². The molecule has 2 rings (SSSR count). The summed E-state index contributed by atoms with van der Waals surface area (Å²) < 4.78 is 6.17. The summed E-state index contributed by atoms with van der Waals surface area (Å²) in [5.74, 6) is 0.643. The average Bonchev–Trinajstić information content (AvgIpc) is 2.97. The van der Waals surface area contributed by atoms with Gasteiger partial charge < -0.3 is 10.1 Å². The summed E-state index contributed by atoms with van der Waals surface area (Å²) in [6, 6.07) is -0.175. The molecule has 0 spiro atoms. The predicted molar refractivity (Wildman–Crippen MR) is 73.8 cm³/mol. The topological polar surface area (TPSA) is 97.7 Å². The molecule has 1 atom stereocenters. The summed E-state index contributed by atoms with van der Waals surface area (Å²) in [5, 5.41) is 13.7. The number of halogens is 1. The van der Waals surface area contributed by atoms with E-state index >= 15 is 0 Å². The number of rotatable bonds is 6. The van der Waals surface area contributed by atoms with Gasteiger partial charge in [0.25, 0.3) is 5.56 Å². The Hall–Kier alpha value is -1.93. The van der Waals surface area contributed by atoms with E-state index in [2.05, 4.69) is 25.6 Å². The standard InChI is InChI=1S/C11H15ClN6O2/c1-7(10-13-6-14-17-10)16-8-5-15-18(3-4-20-2)11(19)9(8)12/h5-7,16H,3-4H2,1-2H3,(H,13,14,17). The summed E-state index contributed by atoms with van der Waals surface area (Å²) in [4.78, 5) is 16.0. The third kappa shape index (κ3) is 3.14. The molecule has 2 N–H and O–H groups in total. The highest BCUT2D eigenvalue weighted by Gasteiger charge is 2.13. The van der Waals surface area contributed by atoms with Gasteiger partial charge in [-0.05, 0) is 6.92 Å². The highest BCUT2D eigenvalue weighted by atomic mass is 35.5. The third-order valence-electron chi connectivity index (χ3n) is 2.71. The second-order valence-electron chi connectivity index (χ2n) is 4.13. The number of aromatic amines is 1. The van der Waals surface area contributed by atoms with E-state index in [1.807, 2.05) is 6.92 Å². The van der Waals surface area contributed by atoms with Gasteiger partial charge >= 0.3 is 0 Å². The van der Waals surface area contributed by atoms with Gasteiger partial charge in [-0.15, -0.1) is 0 Å². The van der Waals surface area contributed by atoms with E-state index in [4.69, 9.17) is 16.3 Å². The Morgan fingerprint density at radius 2 is 2.40 bits per heavy atom. The zero-order chi connectivity index (χ0) is 14.5. The fourth-order valence-corrected chi connectivity index (χ4v) is 1.83. The monoisotopic (exact) mass is 298 g/mol. The van der Waals surface area contributed by atoms with Gasteiger partial charge in [-0.1, -0.05) is 11.6 Å². The number of nitrogens with one attached hydrogen (secondary N) is 2. The molecule has 1 unspecified atom stereocenters. The van der Waals surface area contributed by atoms with Crippen molar-refractivity contribution in [2.75, 3.05) is 19.0 Å². The van der Waals surface area contributed by atoms with Crippen LogP contribution in [0.2, 0.25) is 5.02 Å². The largest absolute Gasteiger partial charge is 0.383 e. The maximum Gasteiger partial charge on any atom is 0.287 e. The first-order chi connectivity index (χ1) is 9.63. The molecule has 0 amide bonds. The molecule has 0 aliphatic rings. The van der Waals surface area contributed by atoms with Crippen LogP contribution in [0.4, 0.5) is 5.69 Å². The first kappa shape index (κ1) is 14.5. The van der Waals surface area contributed by atoms with E-state index in [9.17, 15) is 4.79 Å². The smallest absolute Gasteiger partial charge is 0.287 e. The fraction of sp³-hybridized carbons (Fsp3) is 0.455. The van der Waals surface area contributed by atoms with Gasteiger partial charge in [0.05, 0.1) is 31.1 Å². The summed E-state index contributed by atoms with van der Waals surface area (Å²) in [5.41, 5.74) is 0.0905. The van der Waals surface area contributed by atoms with Crippen LogP contribution in [0.25, 0.3) is 0 Å². The van der Waals surface area contributed by atoms with Gasteiger partial charge in [0.2, 0.25) is 0 Å². The molecular formula is C11H15ClN6O2. The van der Waals surface area contributed by atoms with Gasteiger partial charge in [0.15, 0.2) is 0 Å². The molecule has 0 aromatic carbocycles. The third-order valence-corrected chi connectivity index (χ3v) is 3.07. The van der Waals surface area contributed by atoms with E-state index in [-0.39, 0.29) is 16.6 Å². The Morgan fingerprint density at radius 3 is 3.05 bits per heavy atom. The molecule has 9 heteroatoms. The van der Waals surface area contributed by atoms with Gasteiger partial charge in [-0.25, -0.2) is 9.67 Å². The second-order valence-corrected chi connectivity index (χ2v) is 4.51. The second kappa shape index (κ2) is 6.49. The highest BCUT2D eigenvalue weighted by Crippen LogP contribution is 2.20. The Labute approximate surface area is 120 Å². The minimum atomic E-state index is -0.363. The summed E-state index contributed by atoms with van der Waals surface area (Å²) in [6.07, 6.45) is 2.92. The van der Waals surface area contributed by atoms with Crippen LogP contribution in [0.3, 0.4) is 0 Å². The molecule has 0 radical (unpaired) electrons. The Kier molecular flexibility index (Phi) is 4.70. The van der Waals surface area contributed by atoms with Crippen molar-refractivity contribution in [2.45, 2.75) is 19.5 Å². The SMILES string of the molecule is COCCn1ncc(NC(C)c2ncn[nH]2)c(Cl)c1=O. The van der Waals surface area contributed by atoms with Gasteiger partial charge in [0.1, 0.15) is 17.2 Å². The minimum absolute atomic E-state index is 0.0856. The molecule has 0 fully saturated rings. The molecule has 20 heavy (non-hydrogen) atoms. The van der Waals surface area contributed by atoms with Crippen LogP contribution < -0.4 is 10.9 Å². The van der Waals surface area contributed by atoms with Crippen LogP contribution in [0.15, 0.2) is 17.3 Å². The maximum atomic E-state index is 12.0. The van der Waals surface area contributed by atoms with Gasteiger partial charge in [0, 0.05) is 7.11 Å². The lowest BCUT2D eigenvalue weighted by Gasteiger charge is -2.14. The lowest BCUT2D eigenvalue weighted by atomic mass is 10.3. The number of hydrogen-bond donors (Lipinski definition) is 2. The first-order valence-corrected chi connectivity index (χ1v) is 6.37. The van der Waals surface area contributed by atoms with Crippen molar-refractivity contribution in [3.8, 4) is 0 Å². The minimum Gasteiger partial charge on any atom is -0.383 e. The number of anilines is 1. The summed E-state index contributed by atoms with van der Waals surface area (Å²) in [6.45, 7) is 2.62. The Morgan fingerprint density at radius 1 is 1.60 bits per heavy atom. The van der Waals surface area contributed by atoms with Crippen molar-refractivity contribution < 1.29 is 4.74 Å². The molecule has 0 saturated carbocycles. The van der Waals surface area contributed by atoms with E-state index < -0.39 is 0 Å². The number of methoxy groups -OCH3 is 1. The number of aromatic nitrogens is 5. The zero-order valence-corrected chi connectivity index (χ0v) is 11.9. The molecule has 0 bridgehead atoms. The fourth-order valence-electron chi connectivity index (χ4n) is 1.63. The van der Waals surface area contributed by atoms with Crippen molar-refractivity contribution in [1.82, 2.24) is 25.0 Å². The molecule has 108 valence electrons. The Balaban J connectivity index is 2.17. The number of H-pyrrole nitrogens is 1. The van der Waals surface area contributed by atoms with Crippen molar-refractivity contribution in [1.29, 1.82) is 0 Å². The van der Waals surface area contributed by atoms with Crippen molar-refractivity contribution in [2.24, 2.45) is 0 Å². The quantitative estimate of drug-likeness (QED) is 0.820. The number of nitrogens with zero attached hydrogens (tertiary/aromatic N) is 4. The highest BCUT2D eigenvalue weighted by molar-refractivity contribution is 6.32. The number of hydrogen-bond acceptors (Lipinski definition) is 6. The van der Waals surface area contributed by atoms with E-state index in [1.54, 1.807) is 7.11 Å². The molecule has 2 heterocycles. The molecule has 0 aliphatic heterocycles.